The summed E-state index contributed by atoms with van der Waals surface area (Å²) in [6.45, 7) is 0. The summed E-state index contributed by atoms with van der Waals surface area (Å²) in [6, 6.07) is 14.0. The summed E-state index contributed by atoms with van der Waals surface area (Å²) in [4.78, 5) is 0. The fourth-order valence-corrected chi connectivity index (χ4v) is 1.93. The van der Waals surface area contributed by atoms with Gasteiger partial charge in [0.2, 0.25) is 0 Å². The van der Waals surface area contributed by atoms with Crippen molar-refractivity contribution in [2.75, 3.05) is 0 Å². The number of rotatable bonds is 0. The van der Waals surface area contributed by atoms with Crippen molar-refractivity contribution in [3.05, 3.63) is 47.7 Å². The van der Waals surface area contributed by atoms with Gasteiger partial charge in [-0.05, 0) is 17.0 Å². The first-order valence-electron chi connectivity index (χ1n) is 4.41. The third kappa shape index (κ3) is 1.03. The van der Waals surface area contributed by atoms with Gasteiger partial charge in [-0.25, -0.2) is 0 Å². The predicted molar refractivity (Wildman–Crippen MR) is 58.7 cm³/mol. The average Bonchev–Trinajstić information content (AvgIpc) is 2.59. The summed E-state index contributed by atoms with van der Waals surface area (Å²) in [6.07, 6.45) is 0. The molecular weight excluding hydrogens is 196 g/mol. The standard InChI is InChI=1S/C12H7ClO/c13-11-7-9-6-5-8-3-1-2-4-10(8)12(9)14-11/h1-7H. The summed E-state index contributed by atoms with van der Waals surface area (Å²) in [5.74, 6) is 0. The molecule has 0 saturated carbocycles. The van der Waals surface area contributed by atoms with Gasteiger partial charge in [-0.15, -0.1) is 0 Å². The summed E-state index contributed by atoms with van der Waals surface area (Å²) in [5.41, 5.74) is 0.869. The molecule has 0 aliphatic heterocycles. The zero-order chi connectivity index (χ0) is 9.54. The van der Waals surface area contributed by atoms with Crippen LogP contribution in [0.2, 0.25) is 5.22 Å². The SMILES string of the molecule is Clc1cc2ccc3ccccc3c2o1. The van der Waals surface area contributed by atoms with Gasteiger partial charge in [0, 0.05) is 16.8 Å². The van der Waals surface area contributed by atoms with E-state index in [-0.39, 0.29) is 0 Å². The van der Waals surface area contributed by atoms with Gasteiger partial charge in [0.05, 0.1) is 0 Å². The minimum atomic E-state index is 0.441. The summed E-state index contributed by atoms with van der Waals surface area (Å²) >= 11 is 5.82. The largest absolute Gasteiger partial charge is 0.444 e. The first-order chi connectivity index (χ1) is 6.84. The zero-order valence-corrected chi connectivity index (χ0v) is 8.08. The van der Waals surface area contributed by atoms with Crippen LogP contribution in [0, 0.1) is 0 Å². The van der Waals surface area contributed by atoms with Crippen molar-refractivity contribution in [1.82, 2.24) is 0 Å². The van der Waals surface area contributed by atoms with Crippen LogP contribution in [0.4, 0.5) is 0 Å². The Bertz CT molecular complexity index is 610. The molecule has 0 N–H and O–H groups in total. The molecule has 0 unspecified atom stereocenters. The lowest BCUT2D eigenvalue weighted by atomic mass is 10.1. The highest BCUT2D eigenvalue weighted by atomic mass is 35.5. The molecule has 0 spiro atoms. The molecule has 1 nitrogen and oxygen atoms in total. The molecule has 0 atom stereocenters. The van der Waals surface area contributed by atoms with E-state index in [1.165, 1.54) is 5.39 Å². The van der Waals surface area contributed by atoms with Gasteiger partial charge in [0.25, 0.3) is 0 Å². The lowest BCUT2D eigenvalue weighted by molar-refractivity contribution is 0.621. The molecule has 14 heavy (non-hydrogen) atoms. The molecule has 0 radical (unpaired) electrons. The molecule has 2 aromatic carbocycles. The van der Waals surface area contributed by atoms with E-state index in [4.69, 9.17) is 16.0 Å². The molecule has 0 saturated heterocycles. The smallest absolute Gasteiger partial charge is 0.194 e. The fourth-order valence-electron chi connectivity index (χ4n) is 1.74. The lowest BCUT2D eigenvalue weighted by Gasteiger charge is -1.96. The monoisotopic (exact) mass is 202 g/mol. The molecule has 2 heteroatoms. The highest BCUT2D eigenvalue weighted by Crippen LogP contribution is 2.29. The second kappa shape index (κ2) is 2.76. The Labute approximate surface area is 85.9 Å². The fraction of sp³-hybridized carbons (Fsp3) is 0. The first-order valence-corrected chi connectivity index (χ1v) is 4.79. The number of hydrogen-bond acceptors (Lipinski definition) is 1. The predicted octanol–water partition coefficient (Wildman–Crippen LogP) is 4.24. The second-order valence-corrected chi connectivity index (χ2v) is 3.63. The van der Waals surface area contributed by atoms with E-state index in [1.807, 2.05) is 30.3 Å². The number of benzene rings is 2. The van der Waals surface area contributed by atoms with Gasteiger partial charge in [-0.2, -0.15) is 0 Å². The van der Waals surface area contributed by atoms with E-state index in [0.717, 1.165) is 16.4 Å². The third-order valence-electron chi connectivity index (χ3n) is 2.38. The van der Waals surface area contributed by atoms with Crippen LogP contribution in [-0.2, 0) is 0 Å². The summed E-state index contributed by atoms with van der Waals surface area (Å²) in [5, 5.41) is 3.77. The maximum absolute atomic E-state index is 5.82. The van der Waals surface area contributed by atoms with E-state index in [1.54, 1.807) is 0 Å². The Morgan fingerprint density at radius 3 is 2.64 bits per heavy atom. The molecule has 3 aromatic rings. The van der Waals surface area contributed by atoms with Crippen molar-refractivity contribution in [1.29, 1.82) is 0 Å². The average molecular weight is 203 g/mol. The van der Waals surface area contributed by atoms with Gasteiger partial charge >= 0.3 is 0 Å². The Morgan fingerprint density at radius 2 is 1.71 bits per heavy atom. The van der Waals surface area contributed by atoms with Crippen LogP contribution in [0.15, 0.2) is 46.9 Å². The van der Waals surface area contributed by atoms with E-state index in [2.05, 4.69) is 12.1 Å². The van der Waals surface area contributed by atoms with Gasteiger partial charge in [0.15, 0.2) is 5.22 Å². The van der Waals surface area contributed by atoms with Crippen LogP contribution < -0.4 is 0 Å². The van der Waals surface area contributed by atoms with Crippen molar-refractivity contribution in [3.8, 4) is 0 Å². The van der Waals surface area contributed by atoms with E-state index in [0.29, 0.717) is 5.22 Å². The second-order valence-electron chi connectivity index (χ2n) is 3.26. The Balaban J connectivity index is 2.60. The Hall–Kier alpha value is -1.47. The first kappa shape index (κ1) is 7.89. The molecule has 0 fully saturated rings. The summed E-state index contributed by atoms with van der Waals surface area (Å²) in [7, 11) is 0. The van der Waals surface area contributed by atoms with Gasteiger partial charge in [-0.1, -0.05) is 36.4 Å². The molecule has 0 bridgehead atoms. The van der Waals surface area contributed by atoms with E-state index in [9.17, 15) is 0 Å². The molecule has 0 aliphatic carbocycles. The van der Waals surface area contributed by atoms with Crippen molar-refractivity contribution in [2.45, 2.75) is 0 Å². The molecule has 3 rings (SSSR count). The Morgan fingerprint density at radius 1 is 0.929 bits per heavy atom. The number of fused-ring (bicyclic) bond motifs is 3. The molecule has 1 aromatic heterocycles. The van der Waals surface area contributed by atoms with E-state index >= 15 is 0 Å². The van der Waals surface area contributed by atoms with Crippen LogP contribution in [0.25, 0.3) is 21.7 Å². The number of halogens is 1. The molecule has 68 valence electrons. The van der Waals surface area contributed by atoms with Crippen molar-refractivity contribution in [2.24, 2.45) is 0 Å². The van der Waals surface area contributed by atoms with Crippen LogP contribution in [0.5, 0.6) is 0 Å². The van der Waals surface area contributed by atoms with Crippen LogP contribution in [0.1, 0.15) is 0 Å². The highest BCUT2D eigenvalue weighted by molar-refractivity contribution is 6.30. The number of hydrogen-bond donors (Lipinski definition) is 0. The van der Waals surface area contributed by atoms with Crippen molar-refractivity contribution < 1.29 is 4.42 Å². The Kier molecular flexibility index (Phi) is 1.55. The minimum absolute atomic E-state index is 0.441. The molecule has 0 amide bonds. The quantitative estimate of drug-likeness (QED) is 0.532. The highest BCUT2D eigenvalue weighted by Gasteiger charge is 2.04. The van der Waals surface area contributed by atoms with Gasteiger partial charge in [0.1, 0.15) is 5.58 Å². The van der Waals surface area contributed by atoms with Crippen molar-refractivity contribution >= 4 is 33.3 Å². The maximum Gasteiger partial charge on any atom is 0.194 e. The molecule has 1 heterocycles. The number of furan rings is 1. The topological polar surface area (TPSA) is 13.1 Å². The van der Waals surface area contributed by atoms with Gasteiger partial charge < -0.3 is 4.42 Å². The van der Waals surface area contributed by atoms with Crippen LogP contribution >= 0.6 is 11.6 Å². The van der Waals surface area contributed by atoms with Gasteiger partial charge in [-0.3, -0.25) is 0 Å². The summed E-state index contributed by atoms with van der Waals surface area (Å²) < 4.78 is 5.45. The van der Waals surface area contributed by atoms with Crippen LogP contribution in [0.3, 0.4) is 0 Å². The molecule has 0 aliphatic rings. The van der Waals surface area contributed by atoms with Crippen LogP contribution in [-0.4, -0.2) is 0 Å². The normalized spacial score (nSPS) is 11.2. The van der Waals surface area contributed by atoms with Crippen molar-refractivity contribution in [3.63, 3.8) is 0 Å². The third-order valence-corrected chi connectivity index (χ3v) is 2.56. The molecular formula is C12H7ClO. The minimum Gasteiger partial charge on any atom is -0.444 e. The zero-order valence-electron chi connectivity index (χ0n) is 7.33. The maximum atomic E-state index is 5.82. The van der Waals surface area contributed by atoms with E-state index < -0.39 is 0 Å². The lowest BCUT2D eigenvalue weighted by Crippen LogP contribution is -1.71.